The molecule has 0 radical (unpaired) electrons. The lowest BCUT2D eigenvalue weighted by Crippen LogP contribution is -2.10. The molecule has 1 aromatic carbocycles. The topological polar surface area (TPSA) is 9.23 Å². The standard InChI is InChI=1S/C12H14Br2O/c13-8-9-5-10(14)7-12(6-9)15-11-3-1-2-4-11/h5-7,11H,1-4,8H2. The Bertz CT molecular complexity index is 332. The van der Waals surface area contributed by atoms with Crippen LogP contribution in [0.5, 0.6) is 5.75 Å². The van der Waals surface area contributed by atoms with Crippen LogP contribution in [-0.4, -0.2) is 6.10 Å². The number of hydrogen-bond donors (Lipinski definition) is 0. The minimum atomic E-state index is 0.433. The average molecular weight is 334 g/mol. The van der Waals surface area contributed by atoms with Crippen LogP contribution in [0.15, 0.2) is 22.7 Å². The minimum absolute atomic E-state index is 0.433. The average Bonchev–Trinajstić information content (AvgIpc) is 2.69. The third-order valence-electron chi connectivity index (χ3n) is 2.69. The van der Waals surface area contributed by atoms with Gasteiger partial charge in [-0.15, -0.1) is 0 Å². The van der Waals surface area contributed by atoms with Gasteiger partial charge in [0, 0.05) is 9.80 Å². The van der Waals surface area contributed by atoms with E-state index >= 15 is 0 Å². The van der Waals surface area contributed by atoms with Gasteiger partial charge in [-0.05, 0) is 49.4 Å². The Hall–Kier alpha value is -0.0200. The second kappa shape index (κ2) is 5.35. The summed E-state index contributed by atoms with van der Waals surface area (Å²) in [6, 6.07) is 6.26. The van der Waals surface area contributed by atoms with Crippen molar-refractivity contribution in [2.45, 2.75) is 37.1 Å². The summed E-state index contributed by atoms with van der Waals surface area (Å²) in [6.45, 7) is 0. The Morgan fingerprint density at radius 2 is 1.93 bits per heavy atom. The molecule has 0 saturated heterocycles. The second-order valence-electron chi connectivity index (χ2n) is 3.95. The van der Waals surface area contributed by atoms with Crippen molar-refractivity contribution in [3.05, 3.63) is 28.2 Å². The van der Waals surface area contributed by atoms with Gasteiger partial charge < -0.3 is 4.74 Å². The Morgan fingerprint density at radius 3 is 2.60 bits per heavy atom. The SMILES string of the molecule is BrCc1cc(Br)cc(OC2CCCC2)c1. The molecular formula is C12H14Br2O. The number of hydrogen-bond acceptors (Lipinski definition) is 1. The van der Waals surface area contributed by atoms with Crippen LogP contribution in [0, 0.1) is 0 Å². The van der Waals surface area contributed by atoms with Gasteiger partial charge in [-0.25, -0.2) is 0 Å². The van der Waals surface area contributed by atoms with E-state index in [-0.39, 0.29) is 0 Å². The molecule has 0 unspecified atom stereocenters. The van der Waals surface area contributed by atoms with Gasteiger partial charge in [0.05, 0.1) is 6.10 Å². The van der Waals surface area contributed by atoms with Crippen molar-refractivity contribution in [1.29, 1.82) is 0 Å². The predicted molar refractivity (Wildman–Crippen MR) is 69.7 cm³/mol. The molecule has 0 atom stereocenters. The van der Waals surface area contributed by atoms with Crippen molar-refractivity contribution in [3.8, 4) is 5.75 Å². The van der Waals surface area contributed by atoms with Gasteiger partial charge in [0.25, 0.3) is 0 Å². The summed E-state index contributed by atoms with van der Waals surface area (Å²) in [4.78, 5) is 0. The third-order valence-corrected chi connectivity index (χ3v) is 3.80. The van der Waals surface area contributed by atoms with Crippen LogP contribution in [0.2, 0.25) is 0 Å². The number of benzene rings is 1. The van der Waals surface area contributed by atoms with Crippen LogP contribution >= 0.6 is 31.9 Å². The molecule has 1 fully saturated rings. The van der Waals surface area contributed by atoms with Crippen molar-refractivity contribution in [1.82, 2.24) is 0 Å². The van der Waals surface area contributed by atoms with Gasteiger partial charge in [0.1, 0.15) is 5.75 Å². The van der Waals surface area contributed by atoms with Gasteiger partial charge in [0.15, 0.2) is 0 Å². The summed E-state index contributed by atoms with van der Waals surface area (Å²) in [5, 5.41) is 0.869. The number of halogens is 2. The highest BCUT2D eigenvalue weighted by Gasteiger charge is 2.16. The molecule has 0 bridgehead atoms. The molecule has 0 aliphatic heterocycles. The summed E-state index contributed by atoms with van der Waals surface area (Å²) in [7, 11) is 0. The maximum atomic E-state index is 5.95. The fourth-order valence-corrected chi connectivity index (χ4v) is 2.81. The molecule has 0 aromatic heterocycles. The summed E-state index contributed by atoms with van der Waals surface area (Å²) < 4.78 is 7.04. The molecule has 1 aliphatic carbocycles. The van der Waals surface area contributed by atoms with E-state index in [0.29, 0.717) is 6.10 Å². The quantitative estimate of drug-likeness (QED) is 0.731. The molecule has 0 spiro atoms. The molecule has 0 N–H and O–H groups in total. The molecule has 1 aromatic rings. The Labute approximate surface area is 107 Å². The van der Waals surface area contributed by atoms with E-state index in [1.807, 2.05) is 6.07 Å². The summed E-state index contributed by atoms with van der Waals surface area (Å²) >= 11 is 6.96. The van der Waals surface area contributed by atoms with Crippen molar-refractivity contribution < 1.29 is 4.74 Å². The first kappa shape index (κ1) is 11.5. The molecule has 3 heteroatoms. The first-order valence-corrected chi connectivity index (χ1v) is 7.21. The van der Waals surface area contributed by atoms with E-state index in [9.17, 15) is 0 Å². The lowest BCUT2D eigenvalue weighted by Gasteiger charge is -2.14. The van der Waals surface area contributed by atoms with Gasteiger partial charge >= 0.3 is 0 Å². The first-order valence-electron chi connectivity index (χ1n) is 5.30. The number of ether oxygens (including phenoxy) is 1. The predicted octanol–water partition coefficient (Wildman–Crippen LogP) is 4.67. The third kappa shape index (κ3) is 3.22. The van der Waals surface area contributed by atoms with Gasteiger partial charge in [-0.3, -0.25) is 0 Å². The van der Waals surface area contributed by atoms with Crippen molar-refractivity contribution in [2.24, 2.45) is 0 Å². The largest absolute Gasteiger partial charge is 0.490 e. The highest BCUT2D eigenvalue weighted by Crippen LogP contribution is 2.27. The van der Waals surface area contributed by atoms with E-state index in [1.54, 1.807) is 0 Å². The Balaban J connectivity index is 2.09. The fraction of sp³-hybridized carbons (Fsp3) is 0.500. The van der Waals surface area contributed by atoms with Crippen LogP contribution in [-0.2, 0) is 5.33 Å². The van der Waals surface area contributed by atoms with E-state index in [0.717, 1.165) is 15.6 Å². The summed E-state index contributed by atoms with van der Waals surface area (Å²) in [5.74, 6) is 0.991. The molecular weight excluding hydrogens is 320 g/mol. The first-order chi connectivity index (χ1) is 7.28. The normalized spacial score (nSPS) is 16.9. The van der Waals surface area contributed by atoms with E-state index in [4.69, 9.17) is 4.74 Å². The lowest BCUT2D eigenvalue weighted by molar-refractivity contribution is 0.210. The maximum Gasteiger partial charge on any atom is 0.121 e. The van der Waals surface area contributed by atoms with E-state index < -0.39 is 0 Å². The van der Waals surface area contributed by atoms with Crippen LogP contribution in [0.25, 0.3) is 0 Å². The number of rotatable bonds is 3. The van der Waals surface area contributed by atoms with Crippen LogP contribution in [0.1, 0.15) is 31.2 Å². The zero-order valence-corrected chi connectivity index (χ0v) is 11.7. The van der Waals surface area contributed by atoms with Crippen LogP contribution in [0.3, 0.4) is 0 Å². The molecule has 0 heterocycles. The van der Waals surface area contributed by atoms with E-state index in [2.05, 4.69) is 44.0 Å². The second-order valence-corrected chi connectivity index (χ2v) is 5.43. The molecule has 15 heavy (non-hydrogen) atoms. The zero-order chi connectivity index (χ0) is 10.7. The summed E-state index contributed by atoms with van der Waals surface area (Å²) in [6.07, 6.45) is 5.46. The van der Waals surface area contributed by atoms with Gasteiger partial charge in [-0.2, -0.15) is 0 Å². The zero-order valence-electron chi connectivity index (χ0n) is 8.51. The smallest absolute Gasteiger partial charge is 0.121 e. The lowest BCUT2D eigenvalue weighted by atomic mass is 10.2. The fourth-order valence-electron chi connectivity index (χ4n) is 1.96. The Kier molecular flexibility index (Phi) is 4.09. The molecule has 1 nitrogen and oxygen atoms in total. The molecule has 0 amide bonds. The molecule has 1 saturated carbocycles. The van der Waals surface area contributed by atoms with Crippen LogP contribution < -0.4 is 4.74 Å². The van der Waals surface area contributed by atoms with Crippen molar-refractivity contribution in [3.63, 3.8) is 0 Å². The van der Waals surface area contributed by atoms with Crippen LogP contribution in [0.4, 0.5) is 0 Å². The highest BCUT2D eigenvalue weighted by atomic mass is 79.9. The molecule has 2 rings (SSSR count). The van der Waals surface area contributed by atoms with E-state index in [1.165, 1.54) is 31.2 Å². The highest BCUT2D eigenvalue weighted by molar-refractivity contribution is 9.10. The maximum absolute atomic E-state index is 5.95. The monoisotopic (exact) mass is 332 g/mol. The van der Waals surface area contributed by atoms with Crippen molar-refractivity contribution >= 4 is 31.9 Å². The summed E-state index contributed by atoms with van der Waals surface area (Å²) in [5.41, 5.74) is 1.25. The van der Waals surface area contributed by atoms with Gasteiger partial charge in [-0.1, -0.05) is 31.9 Å². The number of alkyl halides is 1. The van der Waals surface area contributed by atoms with Gasteiger partial charge in [0.2, 0.25) is 0 Å². The minimum Gasteiger partial charge on any atom is -0.490 e. The van der Waals surface area contributed by atoms with Crippen molar-refractivity contribution in [2.75, 3.05) is 0 Å². The molecule has 82 valence electrons. The Morgan fingerprint density at radius 1 is 1.20 bits per heavy atom. The molecule has 1 aliphatic rings.